The highest BCUT2D eigenvalue weighted by Gasteiger charge is 2.19. The maximum atomic E-state index is 12.4. The van der Waals surface area contributed by atoms with Crippen LogP contribution in [-0.2, 0) is 0 Å². The number of aryl methyl sites for hydroxylation is 1. The molecule has 1 atom stereocenters. The van der Waals surface area contributed by atoms with Crippen LogP contribution in [0.4, 0.5) is 0 Å². The predicted molar refractivity (Wildman–Crippen MR) is 105 cm³/mol. The molecule has 0 spiro atoms. The van der Waals surface area contributed by atoms with Gasteiger partial charge in [-0.3, -0.25) is 4.79 Å². The summed E-state index contributed by atoms with van der Waals surface area (Å²) in [5, 5.41) is 13.7. The third-order valence-electron chi connectivity index (χ3n) is 4.39. The first kappa shape index (κ1) is 18.6. The van der Waals surface area contributed by atoms with Gasteiger partial charge in [0.25, 0.3) is 5.91 Å². The van der Waals surface area contributed by atoms with Crippen molar-refractivity contribution in [1.82, 2.24) is 5.32 Å². The van der Waals surface area contributed by atoms with E-state index in [9.17, 15) is 9.90 Å². The van der Waals surface area contributed by atoms with E-state index in [1.165, 1.54) is 0 Å². The molecule has 0 aliphatic carbocycles. The molecule has 8 heteroatoms. The molecule has 4 rings (SSSR count). The fourth-order valence-corrected chi connectivity index (χ4v) is 3.28. The molecule has 0 saturated carbocycles. The van der Waals surface area contributed by atoms with Crippen molar-refractivity contribution in [2.45, 2.75) is 13.0 Å². The smallest absolute Gasteiger partial charge is 0.287 e. The lowest BCUT2D eigenvalue weighted by Gasteiger charge is -2.13. The molecular weight excluding hydrogens is 430 g/mol. The first-order valence-corrected chi connectivity index (χ1v) is 9.48. The second kappa shape index (κ2) is 7.73. The lowest BCUT2D eigenvalue weighted by molar-refractivity contribution is 0.0823. The molecule has 0 radical (unpaired) electrons. The summed E-state index contributed by atoms with van der Waals surface area (Å²) in [6.45, 7) is 2.06. The number of ether oxygens (including phenoxy) is 3. The van der Waals surface area contributed by atoms with Gasteiger partial charge in [0.1, 0.15) is 24.0 Å². The number of benzene rings is 2. The minimum atomic E-state index is -0.881. The molecule has 1 amide bonds. The Morgan fingerprint density at radius 1 is 1.25 bits per heavy atom. The third-order valence-corrected chi connectivity index (χ3v) is 4.88. The number of furan rings is 1. The Morgan fingerprint density at radius 3 is 2.93 bits per heavy atom. The Kier molecular flexibility index (Phi) is 5.15. The van der Waals surface area contributed by atoms with Crippen LogP contribution in [0.2, 0.25) is 0 Å². The predicted octanol–water partition coefficient (Wildman–Crippen LogP) is 3.40. The Hall–Kier alpha value is -2.71. The van der Waals surface area contributed by atoms with E-state index in [0.29, 0.717) is 22.8 Å². The second-order valence-electron chi connectivity index (χ2n) is 6.39. The van der Waals surface area contributed by atoms with Gasteiger partial charge < -0.3 is 29.1 Å². The van der Waals surface area contributed by atoms with Crippen LogP contribution in [0.5, 0.6) is 17.2 Å². The van der Waals surface area contributed by atoms with Gasteiger partial charge >= 0.3 is 0 Å². The number of aliphatic hydroxyl groups is 1. The minimum Gasteiger partial charge on any atom is -0.491 e. The first-order valence-electron chi connectivity index (χ1n) is 8.68. The van der Waals surface area contributed by atoms with Crippen molar-refractivity contribution in [1.29, 1.82) is 0 Å². The minimum absolute atomic E-state index is 0.0198. The van der Waals surface area contributed by atoms with Crippen LogP contribution in [0.3, 0.4) is 0 Å². The molecule has 0 bridgehead atoms. The molecule has 1 aromatic heterocycles. The molecule has 2 N–H and O–H groups in total. The SMILES string of the molecule is Cc1c(C(=O)NCC(O)COc2ccc3c(c2)OCO3)oc2ccc(Br)cc12. The van der Waals surface area contributed by atoms with Crippen molar-refractivity contribution in [3.8, 4) is 17.2 Å². The lowest BCUT2D eigenvalue weighted by atomic mass is 10.1. The van der Waals surface area contributed by atoms with Gasteiger partial charge in [-0.05, 0) is 37.3 Å². The van der Waals surface area contributed by atoms with Crippen LogP contribution >= 0.6 is 15.9 Å². The summed E-state index contributed by atoms with van der Waals surface area (Å²) >= 11 is 3.41. The topological polar surface area (TPSA) is 90.2 Å². The van der Waals surface area contributed by atoms with E-state index in [0.717, 1.165) is 15.4 Å². The van der Waals surface area contributed by atoms with Crippen molar-refractivity contribution in [2.75, 3.05) is 19.9 Å². The molecule has 7 nitrogen and oxygen atoms in total. The number of halogens is 1. The van der Waals surface area contributed by atoms with Crippen molar-refractivity contribution < 1.29 is 28.5 Å². The molecule has 1 aliphatic heterocycles. The van der Waals surface area contributed by atoms with Gasteiger partial charge in [0.05, 0.1) is 0 Å². The molecule has 0 fully saturated rings. The summed E-state index contributed by atoms with van der Waals surface area (Å²) in [6, 6.07) is 10.7. The Bertz CT molecular complexity index is 1030. The zero-order valence-corrected chi connectivity index (χ0v) is 16.6. The van der Waals surface area contributed by atoms with Crippen LogP contribution in [0, 0.1) is 6.92 Å². The van der Waals surface area contributed by atoms with E-state index in [-0.39, 0.29) is 31.6 Å². The van der Waals surface area contributed by atoms with Crippen molar-refractivity contribution >= 4 is 32.8 Å². The Balaban J connectivity index is 1.32. The number of aliphatic hydroxyl groups excluding tert-OH is 1. The zero-order valence-electron chi connectivity index (χ0n) is 15.0. The number of carbonyl (C=O) groups is 1. The fraction of sp³-hybridized carbons (Fsp3) is 0.250. The van der Waals surface area contributed by atoms with Gasteiger partial charge in [0, 0.05) is 28.0 Å². The summed E-state index contributed by atoms with van der Waals surface area (Å²) in [5.74, 6) is 1.66. The maximum Gasteiger partial charge on any atom is 0.287 e. The van der Waals surface area contributed by atoms with Gasteiger partial charge in [-0.25, -0.2) is 0 Å². The van der Waals surface area contributed by atoms with Crippen LogP contribution < -0.4 is 19.5 Å². The van der Waals surface area contributed by atoms with Crippen molar-refractivity contribution in [3.05, 3.63) is 52.2 Å². The summed E-state index contributed by atoms with van der Waals surface area (Å²) < 4.78 is 22.6. The molecule has 3 aromatic rings. The number of hydrogen-bond donors (Lipinski definition) is 2. The van der Waals surface area contributed by atoms with Gasteiger partial charge in [-0.2, -0.15) is 0 Å². The molecule has 0 saturated heterocycles. The quantitative estimate of drug-likeness (QED) is 0.601. The number of hydrogen-bond acceptors (Lipinski definition) is 6. The largest absolute Gasteiger partial charge is 0.491 e. The number of carbonyl (C=O) groups excluding carboxylic acids is 1. The average Bonchev–Trinajstić information content (AvgIpc) is 3.28. The highest BCUT2D eigenvalue weighted by Crippen LogP contribution is 2.35. The number of fused-ring (bicyclic) bond motifs is 2. The van der Waals surface area contributed by atoms with E-state index in [2.05, 4.69) is 21.2 Å². The normalized spacial score (nSPS) is 13.5. The van der Waals surface area contributed by atoms with E-state index in [1.54, 1.807) is 24.3 Å². The summed E-state index contributed by atoms with van der Waals surface area (Å²) in [5.41, 5.74) is 1.39. The summed E-state index contributed by atoms with van der Waals surface area (Å²) in [7, 11) is 0. The standard InChI is InChI=1S/C20H18BrNO6/c1-11-15-6-12(21)2-4-16(15)28-19(11)20(24)22-8-13(23)9-25-14-3-5-17-18(7-14)27-10-26-17/h2-7,13,23H,8-10H2,1H3,(H,22,24). The lowest BCUT2D eigenvalue weighted by Crippen LogP contribution is -2.35. The molecule has 28 heavy (non-hydrogen) atoms. The van der Waals surface area contributed by atoms with Gasteiger partial charge in [0.2, 0.25) is 6.79 Å². The maximum absolute atomic E-state index is 12.4. The summed E-state index contributed by atoms with van der Waals surface area (Å²) in [4.78, 5) is 12.4. The first-order chi connectivity index (χ1) is 13.5. The van der Waals surface area contributed by atoms with Crippen LogP contribution in [-0.4, -0.2) is 37.1 Å². The second-order valence-corrected chi connectivity index (χ2v) is 7.30. The average molecular weight is 448 g/mol. The van der Waals surface area contributed by atoms with Crippen LogP contribution in [0.15, 0.2) is 45.3 Å². The van der Waals surface area contributed by atoms with Crippen LogP contribution in [0.25, 0.3) is 11.0 Å². The number of rotatable bonds is 6. The molecule has 1 aliphatic rings. The molecule has 2 aromatic carbocycles. The highest BCUT2D eigenvalue weighted by molar-refractivity contribution is 9.10. The Morgan fingerprint density at radius 2 is 2.07 bits per heavy atom. The van der Waals surface area contributed by atoms with Gasteiger partial charge in [-0.15, -0.1) is 0 Å². The highest BCUT2D eigenvalue weighted by atomic mass is 79.9. The summed E-state index contributed by atoms with van der Waals surface area (Å²) in [6.07, 6.45) is -0.881. The molecule has 146 valence electrons. The Labute approximate surface area is 169 Å². The van der Waals surface area contributed by atoms with Gasteiger partial charge in [-0.1, -0.05) is 15.9 Å². The number of amides is 1. The fourth-order valence-electron chi connectivity index (χ4n) is 2.92. The van der Waals surface area contributed by atoms with Gasteiger partial charge in [0.15, 0.2) is 17.3 Å². The van der Waals surface area contributed by atoms with Crippen molar-refractivity contribution in [3.63, 3.8) is 0 Å². The zero-order chi connectivity index (χ0) is 19.7. The third kappa shape index (κ3) is 3.79. The van der Waals surface area contributed by atoms with E-state index in [1.807, 2.05) is 19.1 Å². The number of nitrogens with one attached hydrogen (secondary N) is 1. The van der Waals surface area contributed by atoms with Crippen LogP contribution in [0.1, 0.15) is 16.1 Å². The molecule has 1 unspecified atom stereocenters. The van der Waals surface area contributed by atoms with E-state index < -0.39 is 6.10 Å². The van der Waals surface area contributed by atoms with E-state index >= 15 is 0 Å². The van der Waals surface area contributed by atoms with Crippen molar-refractivity contribution in [2.24, 2.45) is 0 Å². The molecular formula is C20H18BrNO6. The molecule has 2 heterocycles. The van der Waals surface area contributed by atoms with E-state index in [4.69, 9.17) is 18.6 Å². The monoisotopic (exact) mass is 447 g/mol.